The normalized spacial score (nSPS) is 9.39. The van der Waals surface area contributed by atoms with Gasteiger partial charge in [0, 0.05) is 8.95 Å². The second-order valence-electron chi connectivity index (χ2n) is 3.13. The van der Waals surface area contributed by atoms with Crippen LogP contribution in [0, 0.1) is 12.3 Å². The van der Waals surface area contributed by atoms with Crippen LogP contribution in [0.3, 0.4) is 0 Å². The zero-order valence-corrected chi connectivity index (χ0v) is 12.1. The van der Waals surface area contributed by atoms with E-state index in [0.717, 1.165) is 0 Å². The smallest absolute Gasteiger partial charge is 0.337 e. The Morgan fingerprint density at radius 3 is 2.61 bits per heavy atom. The first-order valence-corrected chi connectivity index (χ1v) is 6.25. The van der Waals surface area contributed by atoms with Crippen molar-refractivity contribution in [2.24, 2.45) is 0 Å². The number of rotatable bonds is 3. The maximum atomic E-state index is 11.4. The van der Waals surface area contributed by atoms with E-state index >= 15 is 0 Å². The molecule has 0 radical (unpaired) electrons. The molecule has 1 aromatic rings. The minimum absolute atomic E-state index is 0.0351. The lowest BCUT2D eigenvalue weighted by Gasteiger charge is -2.11. The van der Waals surface area contributed by atoms with Crippen LogP contribution in [-0.4, -0.2) is 23.7 Å². The maximum absolute atomic E-state index is 11.4. The monoisotopic (exact) mass is 374 g/mol. The van der Waals surface area contributed by atoms with Crippen molar-refractivity contribution < 1.29 is 14.7 Å². The molecule has 0 aliphatic heterocycles. The quantitative estimate of drug-likeness (QED) is 0.710. The zero-order chi connectivity index (χ0) is 13.7. The fraction of sp³-hybridized carbons (Fsp3) is 0.0909. The lowest BCUT2D eigenvalue weighted by molar-refractivity contribution is 0.0698. The number of amides is 2. The number of carbonyl (C=O) groups excluding carboxylic acids is 1. The maximum Gasteiger partial charge on any atom is 0.337 e. The summed E-state index contributed by atoms with van der Waals surface area (Å²) in [5.74, 6) is 1.09. The van der Waals surface area contributed by atoms with Crippen molar-refractivity contribution in [1.82, 2.24) is 5.32 Å². The number of carboxylic acid groups (broad SMARTS) is 1. The number of aromatic carboxylic acids is 1. The van der Waals surface area contributed by atoms with Crippen LogP contribution in [0.15, 0.2) is 21.1 Å². The van der Waals surface area contributed by atoms with Gasteiger partial charge in [0.05, 0.1) is 17.8 Å². The molecular weight excluding hydrogens is 368 g/mol. The fourth-order valence-corrected chi connectivity index (χ4v) is 2.48. The Bertz CT molecular complexity index is 538. The molecule has 0 bridgehead atoms. The third-order valence-electron chi connectivity index (χ3n) is 1.87. The average Bonchev–Trinajstić information content (AvgIpc) is 2.29. The van der Waals surface area contributed by atoms with E-state index in [0.29, 0.717) is 8.95 Å². The second kappa shape index (κ2) is 6.42. The summed E-state index contributed by atoms with van der Waals surface area (Å²) >= 11 is 6.36. The van der Waals surface area contributed by atoms with E-state index in [2.05, 4.69) is 48.4 Å². The summed E-state index contributed by atoms with van der Waals surface area (Å²) in [6, 6.07) is 2.45. The molecule has 18 heavy (non-hydrogen) atoms. The molecule has 0 aromatic heterocycles. The van der Waals surface area contributed by atoms with Crippen LogP contribution in [-0.2, 0) is 0 Å². The molecule has 0 spiro atoms. The van der Waals surface area contributed by atoms with Gasteiger partial charge in [-0.25, -0.2) is 9.59 Å². The summed E-state index contributed by atoms with van der Waals surface area (Å²) in [4.78, 5) is 22.5. The minimum atomic E-state index is -1.15. The van der Waals surface area contributed by atoms with Crippen LogP contribution in [0.4, 0.5) is 10.5 Å². The summed E-state index contributed by atoms with van der Waals surface area (Å²) in [6.45, 7) is 0.0579. The van der Waals surface area contributed by atoms with Crippen LogP contribution in [0.1, 0.15) is 10.4 Å². The van der Waals surface area contributed by atoms with Crippen LogP contribution >= 0.6 is 31.9 Å². The van der Waals surface area contributed by atoms with Gasteiger partial charge in [-0.15, -0.1) is 6.42 Å². The summed E-state index contributed by atoms with van der Waals surface area (Å²) in [5, 5.41) is 13.9. The van der Waals surface area contributed by atoms with Crippen molar-refractivity contribution in [2.45, 2.75) is 0 Å². The molecule has 0 aliphatic carbocycles. The number of carboxylic acids is 1. The first-order valence-electron chi connectivity index (χ1n) is 4.66. The van der Waals surface area contributed by atoms with Crippen LogP contribution in [0.2, 0.25) is 0 Å². The van der Waals surface area contributed by atoms with E-state index in [1.807, 2.05) is 0 Å². The Morgan fingerprint density at radius 2 is 2.06 bits per heavy atom. The van der Waals surface area contributed by atoms with Gasteiger partial charge in [0.2, 0.25) is 0 Å². The van der Waals surface area contributed by atoms with Crippen molar-refractivity contribution in [1.29, 1.82) is 0 Å². The number of terminal acetylenes is 1. The number of urea groups is 1. The predicted molar refractivity (Wildman–Crippen MR) is 74.7 cm³/mol. The Morgan fingerprint density at radius 1 is 1.39 bits per heavy atom. The molecule has 1 aromatic carbocycles. The molecule has 0 aliphatic rings. The largest absolute Gasteiger partial charge is 0.478 e. The molecule has 2 amide bonds. The molecule has 0 unspecified atom stereocenters. The third kappa shape index (κ3) is 3.75. The van der Waals surface area contributed by atoms with Crippen molar-refractivity contribution in [2.75, 3.05) is 11.9 Å². The summed E-state index contributed by atoms with van der Waals surface area (Å²) in [6.07, 6.45) is 5.00. The SMILES string of the molecule is C#CCNC(=O)Nc1c(Br)cc(Br)cc1C(=O)O. The Kier molecular flexibility index (Phi) is 5.19. The standard InChI is InChI=1S/C11H8Br2N2O3/c1-2-3-14-11(18)15-9-7(10(16)17)4-6(12)5-8(9)13/h1,4-5H,3H2,(H,16,17)(H2,14,15,18). The summed E-state index contributed by atoms with van der Waals surface area (Å²) < 4.78 is 1.03. The number of hydrogen-bond donors (Lipinski definition) is 3. The average molecular weight is 376 g/mol. The summed E-state index contributed by atoms with van der Waals surface area (Å²) in [5.41, 5.74) is 0.132. The van der Waals surface area contributed by atoms with Crippen LogP contribution in [0.25, 0.3) is 0 Å². The van der Waals surface area contributed by atoms with E-state index in [9.17, 15) is 9.59 Å². The van der Waals surface area contributed by atoms with Gasteiger partial charge in [-0.1, -0.05) is 21.9 Å². The van der Waals surface area contributed by atoms with E-state index in [-0.39, 0.29) is 17.8 Å². The second-order valence-corrected chi connectivity index (χ2v) is 4.90. The van der Waals surface area contributed by atoms with Crippen molar-refractivity contribution in [3.63, 3.8) is 0 Å². The molecular formula is C11H8Br2N2O3. The highest BCUT2D eigenvalue weighted by Crippen LogP contribution is 2.30. The van der Waals surface area contributed by atoms with Gasteiger partial charge in [-0.05, 0) is 28.1 Å². The van der Waals surface area contributed by atoms with Crippen LogP contribution < -0.4 is 10.6 Å². The predicted octanol–water partition coefficient (Wildman–Crippen LogP) is 2.66. The Balaban J connectivity index is 3.04. The van der Waals surface area contributed by atoms with Crippen molar-refractivity contribution >= 4 is 49.5 Å². The molecule has 7 heteroatoms. The number of anilines is 1. The number of hydrogen-bond acceptors (Lipinski definition) is 2. The van der Waals surface area contributed by atoms with Gasteiger partial charge >= 0.3 is 12.0 Å². The highest BCUT2D eigenvalue weighted by Gasteiger charge is 2.16. The van der Waals surface area contributed by atoms with E-state index < -0.39 is 12.0 Å². The lowest BCUT2D eigenvalue weighted by atomic mass is 10.2. The minimum Gasteiger partial charge on any atom is -0.478 e. The molecule has 0 heterocycles. The Labute approximate surface area is 120 Å². The highest BCUT2D eigenvalue weighted by molar-refractivity contribution is 9.11. The molecule has 0 atom stereocenters. The third-order valence-corrected chi connectivity index (χ3v) is 2.96. The van der Waals surface area contributed by atoms with Crippen molar-refractivity contribution in [3.8, 4) is 12.3 Å². The van der Waals surface area contributed by atoms with Gasteiger partial charge in [0.15, 0.2) is 0 Å². The molecule has 3 N–H and O–H groups in total. The lowest BCUT2D eigenvalue weighted by Crippen LogP contribution is -2.29. The first-order chi connectivity index (χ1) is 8.45. The van der Waals surface area contributed by atoms with Crippen LogP contribution in [0.5, 0.6) is 0 Å². The molecule has 0 saturated heterocycles. The zero-order valence-electron chi connectivity index (χ0n) is 8.96. The van der Waals surface area contributed by atoms with Gasteiger partial charge in [0.1, 0.15) is 0 Å². The molecule has 94 valence electrons. The van der Waals surface area contributed by atoms with Gasteiger partial charge in [0.25, 0.3) is 0 Å². The van der Waals surface area contributed by atoms with Gasteiger partial charge < -0.3 is 15.7 Å². The topological polar surface area (TPSA) is 78.4 Å². The Hall–Kier alpha value is -1.52. The van der Waals surface area contributed by atoms with E-state index in [1.54, 1.807) is 6.07 Å². The highest BCUT2D eigenvalue weighted by atomic mass is 79.9. The molecule has 0 fully saturated rings. The number of halogens is 2. The molecule has 1 rings (SSSR count). The van der Waals surface area contributed by atoms with Crippen molar-refractivity contribution in [3.05, 3.63) is 26.6 Å². The molecule has 0 saturated carbocycles. The fourth-order valence-electron chi connectivity index (χ4n) is 1.16. The number of benzene rings is 1. The molecule has 5 nitrogen and oxygen atoms in total. The first kappa shape index (κ1) is 14.5. The van der Waals surface area contributed by atoms with Gasteiger partial charge in [-0.2, -0.15) is 0 Å². The van der Waals surface area contributed by atoms with Gasteiger partial charge in [-0.3, -0.25) is 0 Å². The number of nitrogens with one attached hydrogen (secondary N) is 2. The van der Waals surface area contributed by atoms with E-state index in [4.69, 9.17) is 11.5 Å². The van der Waals surface area contributed by atoms with E-state index in [1.165, 1.54) is 6.07 Å². The number of carbonyl (C=O) groups is 2. The summed E-state index contributed by atoms with van der Waals surface area (Å²) in [7, 11) is 0.